The lowest BCUT2D eigenvalue weighted by molar-refractivity contribution is -0.138. The summed E-state index contributed by atoms with van der Waals surface area (Å²) in [6, 6.07) is 16.9. The van der Waals surface area contributed by atoms with Crippen LogP contribution in [-0.4, -0.2) is 42.9 Å². The minimum atomic E-state index is -3.94. The van der Waals surface area contributed by atoms with Crippen LogP contribution in [0.2, 0.25) is 0 Å². The number of carboxylic acid groups (broad SMARTS) is 1. The van der Waals surface area contributed by atoms with E-state index in [0.29, 0.717) is 11.1 Å². The summed E-state index contributed by atoms with van der Waals surface area (Å²) < 4.78 is 60.9. The first-order valence-electron chi connectivity index (χ1n) is 10.4. The molecule has 7 nitrogen and oxygen atoms in total. The molecule has 0 aliphatic carbocycles. The molecule has 0 saturated carbocycles. The third-order valence-electron chi connectivity index (χ3n) is 5.68. The zero-order valence-corrected chi connectivity index (χ0v) is 18.7. The highest BCUT2D eigenvalue weighted by molar-refractivity contribution is 7.89. The lowest BCUT2D eigenvalue weighted by Crippen LogP contribution is -2.64. The largest absolute Gasteiger partial charge is 0.480 e. The van der Waals surface area contributed by atoms with Crippen molar-refractivity contribution in [2.45, 2.75) is 23.0 Å². The molecule has 0 spiro atoms. The lowest BCUT2D eigenvalue weighted by Gasteiger charge is -2.48. The molecule has 1 saturated heterocycles. The number of carboxylic acids is 1. The van der Waals surface area contributed by atoms with Crippen molar-refractivity contribution >= 4 is 16.0 Å². The predicted molar refractivity (Wildman–Crippen MR) is 120 cm³/mol. The van der Waals surface area contributed by atoms with Gasteiger partial charge in [0.2, 0.25) is 10.0 Å². The third-order valence-corrected chi connectivity index (χ3v) is 7.46. The smallest absolute Gasteiger partial charge is 0.320 e. The lowest BCUT2D eigenvalue weighted by atomic mass is 9.87. The number of hydrogen-bond acceptors (Lipinski definition) is 5. The quantitative estimate of drug-likeness (QED) is 0.505. The first-order valence-corrected chi connectivity index (χ1v) is 11.8. The number of benzene rings is 3. The van der Waals surface area contributed by atoms with Crippen LogP contribution in [0.1, 0.15) is 11.1 Å². The van der Waals surface area contributed by atoms with Crippen LogP contribution in [0.15, 0.2) is 77.7 Å². The fraction of sp³-hybridized carbons (Fsp3) is 0.208. The van der Waals surface area contributed by atoms with Gasteiger partial charge in [-0.3, -0.25) is 4.79 Å². The Balaban J connectivity index is 1.60. The summed E-state index contributed by atoms with van der Waals surface area (Å²) in [5.41, 5.74) is 5.64. The van der Waals surface area contributed by atoms with Gasteiger partial charge in [0.1, 0.15) is 11.8 Å². The van der Waals surface area contributed by atoms with Gasteiger partial charge in [-0.05, 0) is 41.8 Å². The zero-order chi connectivity index (χ0) is 24.5. The van der Waals surface area contributed by atoms with Gasteiger partial charge in [0.15, 0.2) is 17.2 Å². The molecule has 10 heteroatoms. The highest BCUT2D eigenvalue weighted by Crippen LogP contribution is 2.40. The van der Waals surface area contributed by atoms with Crippen molar-refractivity contribution in [1.29, 1.82) is 0 Å². The molecule has 1 fully saturated rings. The van der Waals surface area contributed by atoms with Gasteiger partial charge in [-0.2, -0.15) is 4.31 Å². The number of halogens is 2. The summed E-state index contributed by atoms with van der Waals surface area (Å²) in [5, 5.41) is 9.02. The van der Waals surface area contributed by atoms with Crippen LogP contribution in [-0.2, 0) is 26.8 Å². The molecule has 1 heterocycles. The van der Waals surface area contributed by atoms with Gasteiger partial charge in [0, 0.05) is 6.07 Å². The Morgan fingerprint density at radius 1 is 1.03 bits per heavy atom. The van der Waals surface area contributed by atoms with E-state index in [4.69, 9.17) is 15.6 Å². The topological polar surface area (TPSA) is 110 Å². The highest BCUT2D eigenvalue weighted by Gasteiger charge is 2.52. The van der Waals surface area contributed by atoms with Gasteiger partial charge in [-0.15, -0.1) is 0 Å². The van der Waals surface area contributed by atoms with E-state index in [9.17, 15) is 22.0 Å². The van der Waals surface area contributed by atoms with E-state index < -0.39 is 39.3 Å². The molecule has 3 aromatic carbocycles. The maximum atomic E-state index is 13.7. The minimum absolute atomic E-state index is 0.00271. The van der Waals surface area contributed by atoms with E-state index in [2.05, 4.69) is 0 Å². The number of carbonyl (C=O) groups is 1. The summed E-state index contributed by atoms with van der Waals surface area (Å²) >= 11 is 0. The summed E-state index contributed by atoms with van der Waals surface area (Å²) in [6.07, 6.45) is -0.0219. The number of sulfonamides is 1. The van der Waals surface area contributed by atoms with E-state index in [1.165, 1.54) is 28.6 Å². The number of aliphatic carboxylic acids is 1. The number of ether oxygens (including phenoxy) is 1. The van der Waals surface area contributed by atoms with Crippen molar-refractivity contribution < 1.29 is 31.8 Å². The van der Waals surface area contributed by atoms with Gasteiger partial charge < -0.3 is 15.6 Å². The molecule has 1 atom stereocenters. The molecule has 0 aromatic heterocycles. The van der Waals surface area contributed by atoms with Crippen LogP contribution in [0, 0.1) is 11.6 Å². The van der Waals surface area contributed by atoms with Crippen LogP contribution in [0.3, 0.4) is 0 Å². The maximum Gasteiger partial charge on any atom is 0.320 e. The summed E-state index contributed by atoms with van der Waals surface area (Å²) in [4.78, 5) is 11.0. The molecule has 0 radical (unpaired) electrons. The predicted octanol–water partition coefficient (Wildman–Crippen LogP) is 2.90. The van der Waals surface area contributed by atoms with Crippen molar-refractivity contribution in [2.24, 2.45) is 5.73 Å². The Morgan fingerprint density at radius 2 is 1.74 bits per heavy atom. The van der Waals surface area contributed by atoms with Crippen LogP contribution < -0.4 is 10.5 Å². The second-order valence-corrected chi connectivity index (χ2v) is 10.0. The minimum Gasteiger partial charge on any atom is -0.480 e. The first kappa shape index (κ1) is 23.8. The number of nitrogens with two attached hydrogens (primary N) is 1. The zero-order valence-electron chi connectivity index (χ0n) is 17.9. The number of hydrogen-bond donors (Lipinski definition) is 2. The Morgan fingerprint density at radius 3 is 2.38 bits per heavy atom. The van der Waals surface area contributed by atoms with E-state index >= 15 is 0 Å². The number of nitrogens with zero attached hydrogens (tertiary/aromatic N) is 1. The molecule has 1 aliphatic heterocycles. The van der Waals surface area contributed by atoms with Gasteiger partial charge in [-0.1, -0.05) is 42.5 Å². The van der Waals surface area contributed by atoms with E-state index in [0.717, 1.165) is 12.1 Å². The number of rotatable bonds is 8. The highest BCUT2D eigenvalue weighted by atomic mass is 32.2. The van der Waals surface area contributed by atoms with Crippen molar-refractivity contribution in [3.05, 3.63) is 95.6 Å². The van der Waals surface area contributed by atoms with Crippen LogP contribution in [0.4, 0.5) is 8.78 Å². The SMILES string of the molecule is NC(Cc1cccc(S(=O)(=O)N2CC(Oc3ccc(F)c(F)c3)(c3ccccc3)C2)c1)C(=O)O. The Labute approximate surface area is 195 Å². The normalized spacial score (nSPS) is 16.4. The van der Waals surface area contributed by atoms with Crippen LogP contribution in [0.25, 0.3) is 0 Å². The molecule has 3 aromatic rings. The second kappa shape index (κ2) is 9.13. The average Bonchev–Trinajstić information content (AvgIpc) is 2.79. The van der Waals surface area contributed by atoms with Crippen molar-refractivity contribution in [3.8, 4) is 5.75 Å². The van der Waals surface area contributed by atoms with Crippen molar-refractivity contribution in [2.75, 3.05) is 13.1 Å². The molecule has 34 heavy (non-hydrogen) atoms. The van der Waals surface area contributed by atoms with Gasteiger partial charge >= 0.3 is 5.97 Å². The van der Waals surface area contributed by atoms with E-state index in [1.54, 1.807) is 36.4 Å². The molecule has 1 unspecified atom stereocenters. The summed E-state index contributed by atoms with van der Waals surface area (Å²) in [5.74, 6) is -3.19. The first-order chi connectivity index (χ1) is 16.1. The molecule has 0 bridgehead atoms. The molecule has 0 amide bonds. The Kier molecular flexibility index (Phi) is 6.39. The van der Waals surface area contributed by atoms with Crippen LogP contribution in [0.5, 0.6) is 5.75 Å². The molecule has 3 N–H and O–H groups in total. The van der Waals surface area contributed by atoms with Crippen LogP contribution >= 0.6 is 0 Å². The van der Waals surface area contributed by atoms with Gasteiger partial charge in [0.25, 0.3) is 0 Å². The molecular formula is C24H22F2N2O5S. The fourth-order valence-corrected chi connectivity index (χ4v) is 5.44. The standard InChI is InChI=1S/C24H22F2N2O5S/c25-20-10-9-18(13-21(20)26)33-24(17-6-2-1-3-7-17)14-28(15-24)34(31,32)19-8-4-5-16(11-19)12-22(27)23(29)30/h1-11,13,22H,12,14-15,27H2,(H,29,30). The summed E-state index contributed by atoms with van der Waals surface area (Å²) in [7, 11) is -3.94. The maximum absolute atomic E-state index is 13.7. The van der Waals surface area contributed by atoms with Gasteiger partial charge in [-0.25, -0.2) is 17.2 Å². The third kappa shape index (κ3) is 4.65. The van der Waals surface area contributed by atoms with E-state index in [1.807, 2.05) is 0 Å². The molecule has 4 rings (SSSR count). The molecule has 1 aliphatic rings. The second-order valence-electron chi connectivity index (χ2n) is 8.11. The van der Waals surface area contributed by atoms with Crippen molar-refractivity contribution in [1.82, 2.24) is 4.31 Å². The van der Waals surface area contributed by atoms with Crippen molar-refractivity contribution in [3.63, 3.8) is 0 Å². The average molecular weight is 489 g/mol. The Hall–Kier alpha value is -3.34. The van der Waals surface area contributed by atoms with E-state index in [-0.39, 0.29) is 30.2 Å². The van der Waals surface area contributed by atoms with Gasteiger partial charge in [0.05, 0.1) is 18.0 Å². The molecule has 178 valence electrons. The Bertz CT molecular complexity index is 1310. The molecular weight excluding hydrogens is 466 g/mol. The fourth-order valence-electron chi connectivity index (χ4n) is 3.83. The monoisotopic (exact) mass is 488 g/mol. The summed E-state index contributed by atoms with van der Waals surface area (Å²) in [6.45, 7) is -0.117.